The molecule has 0 unspecified atom stereocenters. The van der Waals surface area contributed by atoms with E-state index in [1.165, 1.54) is 6.07 Å². The molecule has 2 aromatic carbocycles. The predicted octanol–water partition coefficient (Wildman–Crippen LogP) is 6.29. The fourth-order valence-corrected chi connectivity index (χ4v) is 6.02. The van der Waals surface area contributed by atoms with E-state index < -0.39 is 57.4 Å². The second-order valence-corrected chi connectivity index (χ2v) is 10.8. The van der Waals surface area contributed by atoms with Crippen molar-refractivity contribution in [2.45, 2.75) is 0 Å². The highest BCUT2D eigenvalue weighted by molar-refractivity contribution is 6.30. The lowest BCUT2D eigenvalue weighted by Crippen LogP contribution is -2.10. The van der Waals surface area contributed by atoms with Crippen LogP contribution in [-0.4, -0.2) is 64.2 Å². The smallest absolute Gasteiger partial charge is 0.340 e. The third-order valence-corrected chi connectivity index (χ3v) is 7.94. The first-order valence-corrected chi connectivity index (χ1v) is 14.4. The summed E-state index contributed by atoms with van der Waals surface area (Å²) in [5, 5.41) is 41.8. The van der Waals surface area contributed by atoms with Crippen molar-refractivity contribution in [1.29, 1.82) is 0 Å². The van der Waals surface area contributed by atoms with Crippen molar-refractivity contribution in [2.75, 3.05) is 0 Å². The van der Waals surface area contributed by atoms with Crippen LogP contribution in [0.3, 0.4) is 0 Å². The van der Waals surface area contributed by atoms with Crippen LogP contribution < -0.4 is 0 Å². The molecule has 234 valence electrons. The minimum Gasteiger partial charge on any atom is -0.478 e. The van der Waals surface area contributed by atoms with Gasteiger partial charge in [-0.2, -0.15) is 0 Å². The van der Waals surface area contributed by atoms with Crippen molar-refractivity contribution in [3.8, 4) is 11.1 Å². The first-order chi connectivity index (χ1) is 23.1. The maximum atomic E-state index is 13.2. The number of hydrogen-bond donors (Lipinski definition) is 6. The highest BCUT2D eigenvalue weighted by Crippen LogP contribution is 2.43. The lowest BCUT2D eigenvalue weighted by molar-refractivity contribution is -0.130. The standard InChI is InChI=1S/C36H22N4O8/c41-33(42)26-23-16-21-12-11-19(37-21)15-20-13-14-22(38-20)24(17-7-3-1-4-8-17)30-25(18-9-5-2-6-10-18)27(34(43)44)32(40-30)29(36(47)48)31(39-23)28(26)35(45)46/h1-16,38-39H,(H,41,42)(H,43,44)(H,45,46)(H,47,48). The van der Waals surface area contributed by atoms with Crippen molar-refractivity contribution in [2.24, 2.45) is 0 Å². The van der Waals surface area contributed by atoms with Gasteiger partial charge >= 0.3 is 23.9 Å². The molecule has 12 nitrogen and oxygen atoms in total. The molecular formula is C36H22N4O8. The van der Waals surface area contributed by atoms with E-state index in [0.717, 1.165) is 0 Å². The van der Waals surface area contributed by atoms with E-state index in [2.05, 4.69) is 15.0 Å². The Bertz CT molecular complexity index is 2460. The van der Waals surface area contributed by atoms with E-state index in [0.29, 0.717) is 33.4 Å². The normalized spacial score (nSPS) is 12.2. The molecule has 0 aliphatic carbocycles. The summed E-state index contributed by atoms with van der Waals surface area (Å²) in [6, 6.07) is 24.0. The van der Waals surface area contributed by atoms with Crippen LogP contribution in [0.15, 0.2) is 84.9 Å². The third kappa shape index (κ3) is 4.90. The quantitative estimate of drug-likeness (QED) is 0.120. The van der Waals surface area contributed by atoms with E-state index in [1.807, 2.05) is 0 Å². The second-order valence-electron chi connectivity index (χ2n) is 10.8. The van der Waals surface area contributed by atoms with Gasteiger partial charge in [-0.1, -0.05) is 60.7 Å². The lowest BCUT2D eigenvalue weighted by atomic mass is 9.91. The van der Waals surface area contributed by atoms with E-state index in [9.17, 15) is 39.6 Å². The van der Waals surface area contributed by atoms with Crippen LogP contribution in [0.2, 0.25) is 0 Å². The van der Waals surface area contributed by atoms with Crippen LogP contribution in [0.5, 0.6) is 0 Å². The Morgan fingerprint density at radius 3 is 1.75 bits per heavy atom. The molecule has 2 aliphatic heterocycles. The molecule has 0 atom stereocenters. The third-order valence-electron chi connectivity index (χ3n) is 7.94. The van der Waals surface area contributed by atoms with Gasteiger partial charge in [-0.3, -0.25) is 0 Å². The topological polar surface area (TPSA) is 207 Å². The number of aromatic nitrogens is 4. The molecular weight excluding hydrogens is 616 g/mol. The molecule has 12 heteroatoms. The number of aromatic amines is 2. The summed E-state index contributed by atoms with van der Waals surface area (Å²) in [5.74, 6) is -6.67. The SMILES string of the molecule is O=C(O)C1=C(c2ccccc2)c2nc1c(C(=O)O)c1[nH]c(cc3nc(cc4ccc([nH]4)c2-c2ccccc2)C=C3)c(C(=O)O)c1C(=O)O. The number of aromatic carboxylic acids is 3. The fourth-order valence-electron chi connectivity index (χ4n) is 6.02. The average molecular weight is 639 g/mol. The molecule has 0 fully saturated rings. The molecule has 0 radical (unpaired) electrons. The number of fused-ring (bicyclic) bond motifs is 8. The summed E-state index contributed by atoms with van der Waals surface area (Å²) in [5.41, 5.74) is -0.896. The molecule has 7 rings (SSSR count). The number of benzene rings is 2. The maximum absolute atomic E-state index is 13.2. The Balaban J connectivity index is 1.83. The molecule has 0 spiro atoms. The van der Waals surface area contributed by atoms with Crippen molar-refractivity contribution in [3.05, 3.63) is 130 Å². The number of carbonyl (C=O) groups is 4. The van der Waals surface area contributed by atoms with E-state index in [4.69, 9.17) is 4.98 Å². The zero-order chi connectivity index (χ0) is 33.7. The largest absolute Gasteiger partial charge is 0.478 e. The highest BCUT2D eigenvalue weighted by atomic mass is 16.4. The summed E-state index contributed by atoms with van der Waals surface area (Å²) in [6.07, 6.45) is 3.27. The molecule has 5 heterocycles. The molecule has 5 aromatic rings. The number of H-pyrrole nitrogens is 2. The summed E-state index contributed by atoms with van der Waals surface area (Å²) in [7, 11) is 0. The molecule has 6 N–H and O–H groups in total. The average Bonchev–Trinajstić information content (AvgIpc) is 3.85. The van der Waals surface area contributed by atoms with Gasteiger partial charge in [0.25, 0.3) is 0 Å². The minimum atomic E-state index is -1.75. The zero-order valence-electron chi connectivity index (χ0n) is 24.6. The maximum Gasteiger partial charge on any atom is 0.340 e. The van der Waals surface area contributed by atoms with Gasteiger partial charge in [-0.15, -0.1) is 0 Å². The summed E-state index contributed by atoms with van der Waals surface area (Å²) < 4.78 is 0. The lowest BCUT2D eigenvalue weighted by Gasteiger charge is -2.10. The van der Waals surface area contributed by atoms with Crippen LogP contribution in [-0.2, 0) is 4.79 Å². The number of nitrogens with zero attached hydrogens (tertiary/aromatic N) is 2. The van der Waals surface area contributed by atoms with Crippen LogP contribution in [0.25, 0.3) is 56.5 Å². The Labute approximate surface area is 269 Å². The number of carboxylic acids is 4. The Morgan fingerprint density at radius 2 is 1.15 bits per heavy atom. The second kappa shape index (κ2) is 11.4. The molecule has 0 amide bonds. The molecule has 0 saturated carbocycles. The number of aliphatic carboxylic acids is 1. The highest BCUT2D eigenvalue weighted by Gasteiger charge is 2.35. The Hall–Kier alpha value is -7.08. The van der Waals surface area contributed by atoms with Gasteiger partial charge in [0.2, 0.25) is 0 Å². The first kappa shape index (κ1) is 29.6. The van der Waals surface area contributed by atoms with E-state index >= 15 is 0 Å². The van der Waals surface area contributed by atoms with Gasteiger partial charge in [0.05, 0.1) is 44.9 Å². The molecule has 0 saturated heterocycles. The van der Waals surface area contributed by atoms with Gasteiger partial charge in [0.1, 0.15) is 11.1 Å². The van der Waals surface area contributed by atoms with Gasteiger partial charge in [0, 0.05) is 22.2 Å². The van der Waals surface area contributed by atoms with Crippen LogP contribution >= 0.6 is 0 Å². The van der Waals surface area contributed by atoms with E-state index in [-0.39, 0.29) is 22.5 Å². The van der Waals surface area contributed by atoms with Crippen molar-refractivity contribution in [1.82, 2.24) is 19.9 Å². The zero-order valence-corrected chi connectivity index (χ0v) is 24.6. The Kier molecular flexibility index (Phi) is 7.02. The summed E-state index contributed by atoms with van der Waals surface area (Å²) >= 11 is 0. The summed E-state index contributed by atoms with van der Waals surface area (Å²) in [4.78, 5) is 66.8. The monoisotopic (exact) mass is 638 g/mol. The van der Waals surface area contributed by atoms with E-state index in [1.54, 1.807) is 91.0 Å². The van der Waals surface area contributed by atoms with Crippen molar-refractivity contribution >= 4 is 69.2 Å². The Morgan fingerprint density at radius 1 is 0.542 bits per heavy atom. The van der Waals surface area contributed by atoms with Gasteiger partial charge in [0.15, 0.2) is 0 Å². The van der Waals surface area contributed by atoms with Crippen LogP contribution in [0, 0.1) is 0 Å². The molecule has 48 heavy (non-hydrogen) atoms. The number of carboxylic acid groups (broad SMARTS) is 4. The fraction of sp³-hybridized carbons (Fsp3) is 0. The molecule has 2 aliphatic rings. The van der Waals surface area contributed by atoms with Crippen molar-refractivity contribution < 1.29 is 39.6 Å². The number of rotatable bonds is 6. The van der Waals surface area contributed by atoms with Crippen LogP contribution in [0.4, 0.5) is 0 Å². The first-order valence-electron chi connectivity index (χ1n) is 14.4. The predicted molar refractivity (Wildman–Crippen MR) is 176 cm³/mol. The minimum absolute atomic E-state index is 0.0794. The molecule has 3 aromatic heterocycles. The van der Waals surface area contributed by atoms with Crippen LogP contribution in [0.1, 0.15) is 59.4 Å². The number of nitrogens with one attached hydrogen (secondary N) is 2. The number of hydrogen-bond acceptors (Lipinski definition) is 6. The van der Waals surface area contributed by atoms with Gasteiger partial charge < -0.3 is 30.4 Å². The van der Waals surface area contributed by atoms with Crippen molar-refractivity contribution in [3.63, 3.8) is 0 Å². The van der Waals surface area contributed by atoms with Gasteiger partial charge in [-0.05, 0) is 47.5 Å². The molecule has 8 bridgehead atoms. The summed E-state index contributed by atoms with van der Waals surface area (Å²) in [6.45, 7) is 0. The van der Waals surface area contributed by atoms with Gasteiger partial charge in [-0.25, -0.2) is 29.1 Å².